The van der Waals surface area contributed by atoms with Crippen LogP contribution in [0.4, 0.5) is 14.5 Å². The zero-order chi connectivity index (χ0) is 22.1. The van der Waals surface area contributed by atoms with Gasteiger partial charge in [-0.2, -0.15) is 0 Å². The van der Waals surface area contributed by atoms with Crippen molar-refractivity contribution in [1.29, 1.82) is 0 Å². The molecule has 0 spiro atoms. The van der Waals surface area contributed by atoms with Crippen LogP contribution in [0, 0.1) is 23.5 Å². The summed E-state index contributed by atoms with van der Waals surface area (Å²) in [5.41, 5.74) is 4.22. The first-order chi connectivity index (χ1) is 14.2. The largest absolute Gasteiger partial charge is 0.368 e. The molecule has 162 valence electrons. The molecule has 1 aromatic rings. The molecule has 0 saturated heterocycles. The second kappa shape index (κ2) is 8.76. The highest BCUT2D eigenvalue weighted by atomic mass is 79.9. The van der Waals surface area contributed by atoms with Crippen molar-refractivity contribution in [3.63, 3.8) is 0 Å². The number of aliphatic imine (C=N–C) groups is 1. The van der Waals surface area contributed by atoms with Crippen LogP contribution in [0.2, 0.25) is 0 Å². The van der Waals surface area contributed by atoms with Crippen LogP contribution in [0.15, 0.2) is 21.6 Å². The summed E-state index contributed by atoms with van der Waals surface area (Å²) in [5, 5.41) is 7.96. The summed E-state index contributed by atoms with van der Waals surface area (Å²) in [6, 6.07) is 1.76. The number of carbonyl (C=O) groups excluding carboxylic acids is 3. The summed E-state index contributed by atoms with van der Waals surface area (Å²) in [6.07, 6.45) is 1.71. The zero-order valence-electron chi connectivity index (χ0n) is 16.2. The van der Waals surface area contributed by atoms with Crippen molar-refractivity contribution in [3.8, 4) is 0 Å². The second-order valence-corrected chi connectivity index (χ2v) is 8.23. The highest BCUT2D eigenvalue weighted by molar-refractivity contribution is 9.10. The molecule has 0 bridgehead atoms. The van der Waals surface area contributed by atoms with E-state index in [4.69, 9.17) is 5.73 Å². The molecule has 2 aliphatic rings. The van der Waals surface area contributed by atoms with Crippen LogP contribution in [-0.2, 0) is 14.4 Å². The maximum absolute atomic E-state index is 14.0. The van der Waals surface area contributed by atoms with Crippen LogP contribution in [0.25, 0.3) is 0 Å². The predicted molar refractivity (Wildman–Crippen MR) is 110 cm³/mol. The number of nitrogens with one attached hydrogen (secondary N) is 3. The van der Waals surface area contributed by atoms with Crippen LogP contribution in [-0.4, -0.2) is 42.7 Å². The van der Waals surface area contributed by atoms with Gasteiger partial charge in [0.1, 0.15) is 17.1 Å². The predicted octanol–water partition coefficient (Wildman–Crippen LogP) is 1.44. The van der Waals surface area contributed by atoms with E-state index in [0.29, 0.717) is 31.7 Å². The molecule has 1 heterocycles. The van der Waals surface area contributed by atoms with Crippen molar-refractivity contribution in [1.82, 2.24) is 10.6 Å². The van der Waals surface area contributed by atoms with E-state index in [1.165, 1.54) is 7.05 Å². The van der Waals surface area contributed by atoms with E-state index in [1.807, 2.05) is 0 Å². The summed E-state index contributed by atoms with van der Waals surface area (Å²) >= 11 is 3.05. The Morgan fingerprint density at radius 2 is 1.90 bits per heavy atom. The molecule has 1 atom stereocenters. The Morgan fingerprint density at radius 1 is 1.23 bits per heavy atom. The fraction of sp³-hybridized carbons (Fsp3) is 0.474. The number of rotatable bonds is 5. The van der Waals surface area contributed by atoms with E-state index in [2.05, 4.69) is 36.9 Å². The Bertz CT molecular complexity index is 894. The lowest BCUT2D eigenvalue weighted by molar-refractivity contribution is -0.126. The molecule has 3 rings (SSSR count). The molecular formula is C19H22BrF2N5O3. The molecule has 0 aromatic heterocycles. The monoisotopic (exact) mass is 485 g/mol. The molecular weight excluding hydrogens is 464 g/mol. The van der Waals surface area contributed by atoms with Gasteiger partial charge in [0.05, 0.1) is 12.4 Å². The summed E-state index contributed by atoms with van der Waals surface area (Å²) < 4.78 is 27.4. The van der Waals surface area contributed by atoms with Gasteiger partial charge in [-0.05, 0) is 53.6 Å². The lowest BCUT2D eigenvalue weighted by atomic mass is 9.69. The molecule has 0 radical (unpaired) electrons. The maximum atomic E-state index is 14.0. The molecule has 1 aromatic carbocycles. The van der Waals surface area contributed by atoms with E-state index < -0.39 is 40.8 Å². The van der Waals surface area contributed by atoms with Crippen LogP contribution < -0.4 is 21.7 Å². The van der Waals surface area contributed by atoms with Gasteiger partial charge in [0.15, 0.2) is 5.82 Å². The van der Waals surface area contributed by atoms with E-state index in [-0.39, 0.29) is 28.5 Å². The second-order valence-electron chi connectivity index (χ2n) is 7.38. The van der Waals surface area contributed by atoms with Crippen molar-refractivity contribution in [2.45, 2.75) is 31.2 Å². The number of anilines is 1. The molecule has 1 aliphatic heterocycles. The molecule has 1 aliphatic carbocycles. The summed E-state index contributed by atoms with van der Waals surface area (Å²) in [6.45, 7) is 0.101. The SMILES string of the molecule is CNC(=O)C1=NCNC1(C(N)=O)C1CCC(C(=O)Nc2c(F)cc(F)cc2Br)CC1. The Morgan fingerprint density at radius 3 is 2.47 bits per heavy atom. The number of primary amides is 1. The molecule has 1 unspecified atom stereocenters. The lowest BCUT2D eigenvalue weighted by Crippen LogP contribution is -2.65. The minimum Gasteiger partial charge on any atom is -0.368 e. The molecule has 1 saturated carbocycles. The van der Waals surface area contributed by atoms with Gasteiger partial charge in [0.25, 0.3) is 5.91 Å². The smallest absolute Gasteiger partial charge is 0.267 e. The normalized spacial score (nSPS) is 26.1. The van der Waals surface area contributed by atoms with Gasteiger partial charge >= 0.3 is 0 Å². The van der Waals surface area contributed by atoms with E-state index in [0.717, 1.165) is 6.07 Å². The number of benzene rings is 1. The third kappa shape index (κ3) is 3.95. The van der Waals surface area contributed by atoms with E-state index in [1.54, 1.807) is 0 Å². The topological polar surface area (TPSA) is 126 Å². The van der Waals surface area contributed by atoms with Crippen molar-refractivity contribution in [2.75, 3.05) is 19.0 Å². The van der Waals surface area contributed by atoms with Crippen LogP contribution in [0.5, 0.6) is 0 Å². The number of amides is 3. The van der Waals surface area contributed by atoms with Crippen molar-refractivity contribution >= 4 is 45.1 Å². The average Bonchev–Trinajstić information content (AvgIpc) is 3.16. The van der Waals surface area contributed by atoms with Crippen molar-refractivity contribution < 1.29 is 23.2 Å². The van der Waals surface area contributed by atoms with Gasteiger partial charge in [-0.15, -0.1) is 0 Å². The first kappa shape index (κ1) is 22.3. The fourth-order valence-electron chi connectivity index (χ4n) is 4.24. The van der Waals surface area contributed by atoms with E-state index in [9.17, 15) is 23.2 Å². The Labute approximate surface area is 180 Å². The Hall–Kier alpha value is -2.40. The maximum Gasteiger partial charge on any atom is 0.267 e. The third-order valence-electron chi connectivity index (χ3n) is 5.76. The molecule has 1 fully saturated rings. The summed E-state index contributed by atoms with van der Waals surface area (Å²) in [5.74, 6) is -3.93. The van der Waals surface area contributed by atoms with Gasteiger partial charge in [-0.1, -0.05) is 0 Å². The van der Waals surface area contributed by atoms with Gasteiger partial charge in [-0.25, -0.2) is 8.78 Å². The first-order valence-corrected chi connectivity index (χ1v) is 10.3. The zero-order valence-corrected chi connectivity index (χ0v) is 17.8. The number of hydrogen-bond donors (Lipinski definition) is 4. The van der Waals surface area contributed by atoms with Gasteiger partial charge in [0, 0.05) is 23.5 Å². The van der Waals surface area contributed by atoms with Gasteiger partial charge < -0.3 is 16.4 Å². The first-order valence-electron chi connectivity index (χ1n) is 9.48. The van der Waals surface area contributed by atoms with Crippen molar-refractivity contribution in [3.05, 3.63) is 28.2 Å². The quantitative estimate of drug-likeness (QED) is 0.503. The van der Waals surface area contributed by atoms with Crippen LogP contribution in [0.3, 0.4) is 0 Å². The molecule has 8 nitrogen and oxygen atoms in total. The molecule has 30 heavy (non-hydrogen) atoms. The Kier molecular flexibility index (Phi) is 6.51. The minimum atomic E-state index is -1.38. The highest BCUT2D eigenvalue weighted by Gasteiger charge is 2.54. The summed E-state index contributed by atoms with van der Waals surface area (Å²) in [7, 11) is 1.45. The number of nitrogens with two attached hydrogens (primary N) is 1. The molecule has 5 N–H and O–H groups in total. The van der Waals surface area contributed by atoms with Gasteiger partial charge in [0.2, 0.25) is 11.8 Å². The van der Waals surface area contributed by atoms with E-state index >= 15 is 0 Å². The number of nitrogens with zero attached hydrogens (tertiary/aromatic N) is 1. The molecule has 11 heteroatoms. The van der Waals surface area contributed by atoms with Crippen LogP contribution in [0.1, 0.15) is 25.7 Å². The molecule has 3 amide bonds. The fourth-order valence-corrected chi connectivity index (χ4v) is 4.75. The van der Waals surface area contributed by atoms with Gasteiger partial charge in [-0.3, -0.25) is 24.7 Å². The minimum absolute atomic E-state index is 0.0581. The van der Waals surface area contributed by atoms with Crippen molar-refractivity contribution in [2.24, 2.45) is 22.6 Å². The number of halogens is 3. The number of carbonyl (C=O) groups is 3. The lowest BCUT2D eigenvalue weighted by Gasteiger charge is -2.39. The van der Waals surface area contributed by atoms with Crippen LogP contribution >= 0.6 is 15.9 Å². The average molecular weight is 486 g/mol. The standard InChI is InChI=1S/C19H22BrF2N5O3/c1-24-17(29)15-19(18(23)30,26-8-25-15)10-4-2-9(3-5-10)16(28)27-14-12(20)6-11(21)7-13(14)22/h6-7,9-10,26H,2-5,8H2,1H3,(H2,23,30)(H,24,29)(H,27,28). The third-order valence-corrected chi connectivity index (χ3v) is 6.39. The highest BCUT2D eigenvalue weighted by Crippen LogP contribution is 2.39. The number of hydrogen-bond acceptors (Lipinski definition) is 5. The Balaban J connectivity index is 1.71. The summed E-state index contributed by atoms with van der Waals surface area (Å²) in [4.78, 5) is 41.3.